The first-order valence-corrected chi connectivity index (χ1v) is 13.3. The van der Waals surface area contributed by atoms with Crippen molar-refractivity contribution < 1.29 is 9.53 Å². The molecule has 40 heavy (non-hydrogen) atoms. The van der Waals surface area contributed by atoms with Crippen molar-refractivity contribution in [2.75, 3.05) is 18.8 Å². The summed E-state index contributed by atoms with van der Waals surface area (Å²) >= 11 is 0. The van der Waals surface area contributed by atoms with Gasteiger partial charge in [0.1, 0.15) is 29.1 Å². The number of likely N-dealkylation sites (tertiary alicyclic amines) is 1. The molecule has 0 aliphatic carbocycles. The van der Waals surface area contributed by atoms with Crippen LogP contribution in [0.3, 0.4) is 0 Å². The molecule has 0 spiro atoms. The normalized spacial score (nSPS) is 15.3. The van der Waals surface area contributed by atoms with Crippen LogP contribution in [-0.2, 0) is 4.74 Å². The fourth-order valence-corrected chi connectivity index (χ4v) is 5.22. The van der Waals surface area contributed by atoms with E-state index in [0.29, 0.717) is 24.6 Å². The topological polar surface area (TPSA) is 99.2 Å². The third kappa shape index (κ3) is 4.82. The lowest BCUT2D eigenvalue weighted by Crippen LogP contribution is -2.35. The number of carbonyl (C=O) groups is 1. The number of anilines is 1. The van der Waals surface area contributed by atoms with Gasteiger partial charge < -0.3 is 19.9 Å². The van der Waals surface area contributed by atoms with E-state index in [1.54, 1.807) is 4.90 Å². The van der Waals surface area contributed by atoms with Crippen LogP contribution in [0.4, 0.5) is 10.6 Å². The van der Waals surface area contributed by atoms with Gasteiger partial charge in [0.2, 0.25) is 0 Å². The van der Waals surface area contributed by atoms with Gasteiger partial charge in [0.25, 0.3) is 0 Å². The number of rotatable bonds is 2. The number of nitrogen functional groups attached to an aromatic ring is 1. The Kier molecular flexibility index (Phi) is 6.35. The second-order valence-corrected chi connectivity index (χ2v) is 11.0. The van der Waals surface area contributed by atoms with Crippen molar-refractivity contribution in [2.24, 2.45) is 0 Å². The molecule has 200 valence electrons. The molecule has 3 aromatic heterocycles. The van der Waals surface area contributed by atoms with Gasteiger partial charge in [-0.15, -0.1) is 0 Å². The molecule has 6 rings (SSSR count). The quantitative estimate of drug-likeness (QED) is 0.289. The average molecular weight is 531 g/mol. The van der Waals surface area contributed by atoms with E-state index in [9.17, 15) is 4.79 Å². The summed E-state index contributed by atoms with van der Waals surface area (Å²) in [6, 6.07) is 19.9. The summed E-state index contributed by atoms with van der Waals surface area (Å²) in [4.78, 5) is 28.4. The summed E-state index contributed by atoms with van der Waals surface area (Å²) in [5, 5.41) is 1.74. The summed E-state index contributed by atoms with van der Waals surface area (Å²) in [5.41, 5.74) is 10.9. The highest BCUT2D eigenvalue weighted by Gasteiger charge is 2.34. The van der Waals surface area contributed by atoms with Crippen molar-refractivity contribution in [1.29, 1.82) is 0 Å². The van der Waals surface area contributed by atoms with Crippen molar-refractivity contribution >= 4 is 33.8 Å². The number of nitrogens with zero attached hydrogens (tertiary/aromatic N) is 5. The maximum atomic E-state index is 12.9. The van der Waals surface area contributed by atoms with Gasteiger partial charge in [0, 0.05) is 41.4 Å². The summed E-state index contributed by atoms with van der Waals surface area (Å²) in [5.74, 6) is 7.15. The fraction of sp³-hybridized carbons (Fsp3) is 0.250. The lowest BCUT2D eigenvalue weighted by molar-refractivity contribution is 0.0289. The Morgan fingerprint density at radius 2 is 1.80 bits per heavy atom. The monoisotopic (exact) mass is 530 g/mol. The molecular weight excluding hydrogens is 500 g/mol. The molecule has 0 unspecified atom stereocenters. The molecule has 1 aliphatic heterocycles. The van der Waals surface area contributed by atoms with Crippen molar-refractivity contribution in [1.82, 2.24) is 24.4 Å². The Hall–Kier alpha value is -4.90. The Labute approximate surface area is 232 Å². The second-order valence-electron chi connectivity index (χ2n) is 11.0. The van der Waals surface area contributed by atoms with Gasteiger partial charge in [0.15, 0.2) is 0 Å². The number of ether oxygens (including phenoxy) is 1. The van der Waals surface area contributed by atoms with Gasteiger partial charge >= 0.3 is 6.09 Å². The molecule has 0 saturated carbocycles. The number of fused-ring (bicyclic) bond motifs is 2. The molecule has 5 aromatic rings. The van der Waals surface area contributed by atoms with Crippen LogP contribution in [0, 0.1) is 11.8 Å². The van der Waals surface area contributed by atoms with Crippen molar-refractivity contribution in [2.45, 2.75) is 38.8 Å². The third-order valence-electron chi connectivity index (χ3n) is 6.97. The van der Waals surface area contributed by atoms with E-state index < -0.39 is 5.60 Å². The minimum absolute atomic E-state index is 0.0773. The van der Waals surface area contributed by atoms with Crippen molar-refractivity contribution in [3.8, 4) is 23.0 Å². The van der Waals surface area contributed by atoms with Gasteiger partial charge in [-0.2, -0.15) is 0 Å². The smallest absolute Gasteiger partial charge is 0.410 e. The zero-order valence-electron chi connectivity index (χ0n) is 22.8. The maximum Gasteiger partial charge on any atom is 0.410 e. The summed E-state index contributed by atoms with van der Waals surface area (Å²) in [6.45, 7) is 6.66. The molecule has 1 fully saturated rings. The number of carbonyl (C=O) groups excluding carboxylic acids is 1. The summed E-state index contributed by atoms with van der Waals surface area (Å²) < 4.78 is 7.78. The molecule has 8 nitrogen and oxygen atoms in total. The SMILES string of the molecule is CC(C)(C)OC(=O)N1CC[C@@H](n2c(C#Cc3ccccc3)c(-c3cnc4ccccc4c3)c3c(N)ncnc32)C1. The van der Waals surface area contributed by atoms with Crippen LogP contribution in [0.5, 0.6) is 0 Å². The Bertz CT molecular complexity index is 1790. The van der Waals surface area contributed by atoms with E-state index in [0.717, 1.165) is 45.1 Å². The number of hydrogen-bond donors (Lipinski definition) is 1. The van der Waals surface area contributed by atoms with E-state index in [4.69, 9.17) is 15.5 Å². The zero-order chi connectivity index (χ0) is 27.9. The van der Waals surface area contributed by atoms with Crippen LogP contribution >= 0.6 is 0 Å². The number of para-hydroxylation sites is 1. The van der Waals surface area contributed by atoms with E-state index in [1.807, 2.05) is 81.6 Å². The Balaban J connectivity index is 1.55. The highest BCUT2D eigenvalue weighted by molar-refractivity contribution is 6.04. The highest BCUT2D eigenvalue weighted by Crippen LogP contribution is 2.40. The molecule has 0 radical (unpaired) electrons. The summed E-state index contributed by atoms with van der Waals surface area (Å²) in [6.07, 6.45) is 3.73. The molecule has 2 aromatic carbocycles. The Morgan fingerprint density at radius 3 is 2.60 bits per heavy atom. The van der Waals surface area contributed by atoms with Crippen LogP contribution < -0.4 is 5.73 Å². The number of amides is 1. The largest absolute Gasteiger partial charge is 0.444 e. The minimum atomic E-state index is -0.570. The van der Waals surface area contributed by atoms with E-state index in [2.05, 4.69) is 32.4 Å². The van der Waals surface area contributed by atoms with Gasteiger partial charge in [0.05, 0.1) is 16.9 Å². The predicted octanol–water partition coefficient (Wildman–Crippen LogP) is 5.81. The third-order valence-corrected chi connectivity index (χ3v) is 6.97. The summed E-state index contributed by atoms with van der Waals surface area (Å²) in [7, 11) is 0. The lowest BCUT2D eigenvalue weighted by Gasteiger charge is -2.24. The van der Waals surface area contributed by atoms with Crippen LogP contribution in [-0.4, -0.2) is 49.2 Å². The molecule has 1 amide bonds. The van der Waals surface area contributed by atoms with Crippen LogP contribution in [0.2, 0.25) is 0 Å². The number of benzene rings is 2. The van der Waals surface area contributed by atoms with E-state index in [-0.39, 0.29) is 12.1 Å². The molecule has 2 N–H and O–H groups in total. The molecule has 4 heterocycles. The molecule has 0 bridgehead atoms. The average Bonchev–Trinajstić information content (AvgIpc) is 3.55. The fourth-order valence-electron chi connectivity index (χ4n) is 5.22. The first-order chi connectivity index (χ1) is 19.3. The second kappa shape index (κ2) is 10.0. The predicted molar refractivity (Wildman–Crippen MR) is 157 cm³/mol. The lowest BCUT2D eigenvalue weighted by atomic mass is 10.0. The van der Waals surface area contributed by atoms with Gasteiger partial charge in [-0.25, -0.2) is 14.8 Å². The van der Waals surface area contributed by atoms with Crippen LogP contribution in [0.25, 0.3) is 33.1 Å². The highest BCUT2D eigenvalue weighted by atomic mass is 16.6. The van der Waals surface area contributed by atoms with E-state index in [1.165, 1.54) is 6.33 Å². The van der Waals surface area contributed by atoms with Gasteiger partial charge in [-0.3, -0.25) is 4.98 Å². The molecule has 8 heteroatoms. The maximum absolute atomic E-state index is 12.9. The number of hydrogen-bond acceptors (Lipinski definition) is 6. The number of aromatic nitrogens is 4. The van der Waals surface area contributed by atoms with Gasteiger partial charge in [-0.1, -0.05) is 42.3 Å². The first kappa shape index (κ1) is 25.4. The molecule has 1 aliphatic rings. The first-order valence-electron chi connectivity index (χ1n) is 13.3. The van der Waals surface area contributed by atoms with Crippen molar-refractivity contribution in [3.63, 3.8) is 0 Å². The van der Waals surface area contributed by atoms with Gasteiger partial charge in [-0.05, 0) is 57.4 Å². The number of pyridine rings is 1. The van der Waals surface area contributed by atoms with Crippen LogP contribution in [0.15, 0.2) is 73.2 Å². The van der Waals surface area contributed by atoms with E-state index >= 15 is 0 Å². The Morgan fingerprint density at radius 1 is 1.02 bits per heavy atom. The van der Waals surface area contributed by atoms with Crippen LogP contribution in [0.1, 0.15) is 44.5 Å². The molecular formula is C32H30N6O2. The number of nitrogens with two attached hydrogens (primary N) is 1. The molecule has 1 saturated heterocycles. The molecule has 1 atom stereocenters. The zero-order valence-corrected chi connectivity index (χ0v) is 22.8. The van der Waals surface area contributed by atoms with Crippen molar-refractivity contribution in [3.05, 3.63) is 84.4 Å². The minimum Gasteiger partial charge on any atom is -0.444 e. The standard InChI is InChI=1S/C32H30N6O2/c1-32(2,3)40-31(39)37-16-15-24(19-37)38-26(14-13-21-9-5-4-6-10-21)27(28-29(33)35-20-36-30(28)38)23-17-22-11-7-8-12-25(22)34-18-23/h4-12,17-18,20,24H,15-16,19H2,1-3H3,(H2,33,35,36)/t24-/m1/s1.